The molecule has 2 unspecified atom stereocenters. The SMILES string of the molecule is CNCC(CC(C)(C)C)C1CCCCN1C(N)=O. The third kappa shape index (κ3) is 4.48. The lowest BCUT2D eigenvalue weighted by Gasteiger charge is -2.41. The fourth-order valence-electron chi connectivity index (χ4n) is 3.11. The van der Waals surface area contributed by atoms with Crippen molar-refractivity contribution < 1.29 is 4.79 Å². The standard InChI is InChI=1S/C14H29N3O/c1-14(2,3)9-11(10-16-4)12-7-5-6-8-17(12)13(15)18/h11-12,16H,5-10H2,1-4H3,(H2,15,18). The highest BCUT2D eigenvalue weighted by Gasteiger charge is 2.33. The van der Waals surface area contributed by atoms with Gasteiger partial charge in [0.25, 0.3) is 0 Å². The molecule has 2 atom stereocenters. The van der Waals surface area contributed by atoms with Crippen LogP contribution in [0.15, 0.2) is 0 Å². The Morgan fingerprint density at radius 2 is 2.11 bits per heavy atom. The van der Waals surface area contributed by atoms with Crippen molar-refractivity contribution in [3.05, 3.63) is 0 Å². The highest BCUT2D eigenvalue weighted by atomic mass is 16.2. The van der Waals surface area contributed by atoms with Crippen molar-refractivity contribution in [3.63, 3.8) is 0 Å². The lowest BCUT2D eigenvalue weighted by Crippen LogP contribution is -2.52. The van der Waals surface area contributed by atoms with E-state index < -0.39 is 0 Å². The normalized spacial score (nSPS) is 22.9. The minimum Gasteiger partial charge on any atom is -0.351 e. The number of nitrogens with one attached hydrogen (secondary N) is 1. The molecule has 1 aliphatic rings. The lowest BCUT2D eigenvalue weighted by molar-refractivity contribution is 0.104. The van der Waals surface area contributed by atoms with Crippen molar-refractivity contribution in [2.45, 2.75) is 52.5 Å². The molecular weight excluding hydrogens is 226 g/mol. The summed E-state index contributed by atoms with van der Waals surface area (Å²) in [5.74, 6) is 0.489. The topological polar surface area (TPSA) is 58.4 Å². The van der Waals surface area contributed by atoms with E-state index in [9.17, 15) is 4.79 Å². The third-order valence-electron chi connectivity index (χ3n) is 3.72. The summed E-state index contributed by atoms with van der Waals surface area (Å²) >= 11 is 0. The molecular formula is C14H29N3O. The predicted octanol–water partition coefficient (Wildman–Crippen LogP) is 2.19. The molecule has 0 spiro atoms. The molecule has 1 aliphatic heterocycles. The van der Waals surface area contributed by atoms with Gasteiger partial charge in [0, 0.05) is 12.6 Å². The van der Waals surface area contributed by atoms with Gasteiger partial charge in [0.1, 0.15) is 0 Å². The summed E-state index contributed by atoms with van der Waals surface area (Å²) in [5.41, 5.74) is 5.80. The number of hydrogen-bond acceptors (Lipinski definition) is 2. The van der Waals surface area contributed by atoms with Crippen LogP contribution in [0.1, 0.15) is 46.5 Å². The van der Waals surface area contributed by atoms with Crippen molar-refractivity contribution in [1.82, 2.24) is 10.2 Å². The van der Waals surface area contributed by atoms with Crippen LogP contribution in [0.2, 0.25) is 0 Å². The number of nitrogens with two attached hydrogens (primary N) is 1. The predicted molar refractivity (Wildman–Crippen MR) is 75.4 cm³/mol. The van der Waals surface area contributed by atoms with Crippen molar-refractivity contribution in [2.24, 2.45) is 17.1 Å². The van der Waals surface area contributed by atoms with E-state index in [1.165, 1.54) is 6.42 Å². The summed E-state index contributed by atoms with van der Waals surface area (Å²) in [7, 11) is 1.98. The van der Waals surface area contributed by atoms with Gasteiger partial charge in [-0.15, -0.1) is 0 Å². The van der Waals surface area contributed by atoms with Crippen LogP contribution < -0.4 is 11.1 Å². The molecule has 0 saturated carbocycles. The first-order valence-corrected chi connectivity index (χ1v) is 7.06. The van der Waals surface area contributed by atoms with Gasteiger partial charge in [-0.2, -0.15) is 0 Å². The minimum atomic E-state index is -0.255. The summed E-state index contributed by atoms with van der Waals surface area (Å²) in [6.07, 6.45) is 4.49. The van der Waals surface area contributed by atoms with Crippen LogP contribution in [0.5, 0.6) is 0 Å². The summed E-state index contributed by atoms with van der Waals surface area (Å²) in [6, 6.07) is 0.0534. The molecule has 4 nitrogen and oxygen atoms in total. The lowest BCUT2D eigenvalue weighted by atomic mass is 9.78. The van der Waals surface area contributed by atoms with Gasteiger partial charge < -0.3 is 16.0 Å². The second-order valence-electron chi connectivity index (χ2n) is 6.68. The maximum absolute atomic E-state index is 11.6. The van der Waals surface area contributed by atoms with E-state index in [0.29, 0.717) is 12.0 Å². The van der Waals surface area contributed by atoms with Gasteiger partial charge in [0.15, 0.2) is 0 Å². The Morgan fingerprint density at radius 1 is 1.44 bits per heavy atom. The summed E-state index contributed by atoms with van der Waals surface area (Å²) in [6.45, 7) is 8.54. The monoisotopic (exact) mass is 255 g/mol. The zero-order valence-corrected chi connectivity index (χ0v) is 12.3. The summed E-state index contributed by atoms with van der Waals surface area (Å²) in [5, 5.41) is 3.27. The number of rotatable bonds is 4. The van der Waals surface area contributed by atoms with Crippen molar-refractivity contribution in [1.29, 1.82) is 0 Å². The van der Waals surface area contributed by atoms with Gasteiger partial charge in [-0.3, -0.25) is 0 Å². The van der Waals surface area contributed by atoms with Gasteiger partial charge >= 0.3 is 6.03 Å². The number of urea groups is 1. The summed E-state index contributed by atoms with van der Waals surface area (Å²) in [4.78, 5) is 13.5. The van der Waals surface area contributed by atoms with E-state index >= 15 is 0 Å². The number of amides is 2. The van der Waals surface area contributed by atoms with Crippen LogP contribution in [-0.2, 0) is 0 Å². The van der Waals surface area contributed by atoms with Gasteiger partial charge in [-0.1, -0.05) is 20.8 Å². The quantitative estimate of drug-likeness (QED) is 0.809. The number of hydrogen-bond donors (Lipinski definition) is 2. The number of nitrogens with zero attached hydrogens (tertiary/aromatic N) is 1. The molecule has 0 aromatic carbocycles. The molecule has 3 N–H and O–H groups in total. The number of primary amides is 1. The molecule has 0 aromatic heterocycles. The van der Waals surface area contributed by atoms with Crippen molar-refractivity contribution in [2.75, 3.05) is 20.1 Å². The van der Waals surface area contributed by atoms with Gasteiger partial charge in [0.05, 0.1) is 0 Å². The average Bonchev–Trinajstić information content (AvgIpc) is 2.26. The number of carbonyl (C=O) groups excluding carboxylic acids is 1. The highest BCUT2D eigenvalue weighted by molar-refractivity contribution is 5.72. The number of likely N-dealkylation sites (tertiary alicyclic amines) is 1. The van der Waals surface area contributed by atoms with Crippen LogP contribution in [-0.4, -0.2) is 37.1 Å². The maximum Gasteiger partial charge on any atom is 0.315 e. The Hall–Kier alpha value is -0.770. The Kier molecular flexibility index (Phi) is 5.45. The second-order valence-corrected chi connectivity index (χ2v) is 6.68. The second kappa shape index (κ2) is 6.41. The van der Waals surface area contributed by atoms with E-state index in [1.54, 1.807) is 0 Å². The minimum absolute atomic E-state index is 0.255. The highest BCUT2D eigenvalue weighted by Crippen LogP contribution is 2.32. The Labute approximate surface area is 111 Å². The van der Waals surface area contributed by atoms with Gasteiger partial charge in [-0.25, -0.2) is 4.79 Å². The molecule has 1 saturated heterocycles. The van der Waals surface area contributed by atoms with Crippen LogP contribution in [0.3, 0.4) is 0 Å². The van der Waals surface area contributed by atoms with Gasteiger partial charge in [0.2, 0.25) is 0 Å². The number of piperidine rings is 1. The first-order chi connectivity index (χ1) is 8.35. The zero-order chi connectivity index (χ0) is 13.8. The maximum atomic E-state index is 11.6. The van der Waals surface area contributed by atoms with Gasteiger partial charge in [-0.05, 0) is 50.6 Å². The molecule has 0 aromatic rings. The van der Waals surface area contributed by atoms with E-state index in [4.69, 9.17) is 5.73 Å². The molecule has 0 radical (unpaired) electrons. The first kappa shape index (κ1) is 15.3. The smallest absolute Gasteiger partial charge is 0.315 e. The molecule has 18 heavy (non-hydrogen) atoms. The van der Waals surface area contributed by atoms with E-state index in [1.807, 2.05) is 11.9 Å². The molecule has 0 aliphatic carbocycles. The molecule has 2 amide bonds. The molecule has 1 heterocycles. The van der Waals surface area contributed by atoms with E-state index in [0.717, 1.165) is 32.4 Å². The molecule has 0 bridgehead atoms. The van der Waals surface area contributed by atoms with Crippen LogP contribution in [0.4, 0.5) is 4.79 Å². The molecule has 1 rings (SSSR count). The number of carbonyl (C=O) groups is 1. The fraction of sp³-hybridized carbons (Fsp3) is 0.929. The molecule has 4 heteroatoms. The van der Waals surface area contributed by atoms with Crippen LogP contribution in [0.25, 0.3) is 0 Å². The average molecular weight is 255 g/mol. The Balaban J connectivity index is 2.77. The largest absolute Gasteiger partial charge is 0.351 e. The Morgan fingerprint density at radius 3 is 2.61 bits per heavy atom. The molecule has 106 valence electrons. The Bertz CT molecular complexity index is 273. The van der Waals surface area contributed by atoms with Crippen LogP contribution >= 0.6 is 0 Å². The van der Waals surface area contributed by atoms with Crippen molar-refractivity contribution >= 4 is 6.03 Å². The third-order valence-corrected chi connectivity index (χ3v) is 3.72. The first-order valence-electron chi connectivity index (χ1n) is 7.06. The van der Waals surface area contributed by atoms with Crippen molar-refractivity contribution in [3.8, 4) is 0 Å². The van der Waals surface area contributed by atoms with Crippen LogP contribution in [0, 0.1) is 11.3 Å². The zero-order valence-electron chi connectivity index (χ0n) is 12.3. The fourth-order valence-corrected chi connectivity index (χ4v) is 3.11. The summed E-state index contributed by atoms with van der Waals surface area (Å²) < 4.78 is 0. The molecule has 1 fully saturated rings. The van der Waals surface area contributed by atoms with E-state index in [2.05, 4.69) is 26.1 Å². The van der Waals surface area contributed by atoms with E-state index in [-0.39, 0.29) is 11.4 Å².